The van der Waals surface area contributed by atoms with Crippen LogP contribution in [0.2, 0.25) is 0 Å². The number of para-hydroxylation sites is 1. The van der Waals surface area contributed by atoms with Crippen LogP contribution in [0.3, 0.4) is 0 Å². The van der Waals surface area contributed by atoms with E-state index in [1.54, 1.807) is 0 Å². The van der Waals surface area contributed by atoms with Crippen molar-refractivity contribution in [2.24, 2.45) is 0 Å². The van der Waals surface area contributed by atoms with Gasteiger partial charge in [-0.15, -0.1) is 0 Å². The van der Waals surface area contributed by atoms with Crippen LogP contribution < -0.4 is 10.2 Å². The molecule has 1 N–H and O–H groups in total. The molecular weight excluding hydrogens is 196 g/mol. The van der Waals surface area contributed by atoms with Crippen LogP contribution in [-0.4, -0.2) is 19.1 Å². The highest BCUT2D eigenvalue weighted by molar-refractivity contribution is 5.76. The Morgan fingerprint density at radius 1 is 1.19 bits per heavy atom. The van der Waals surface area contributed by atoms with E-state index in [9.17, 15) is 0 Å². The van der Waals surface area contributed by atoms with E-state index >= 15 is 0 Å². The van der Waals surface area contributed by atoms with Gasteiger partial charge in [0.2, 0.25) is 0 Å². The minimum Gasteiger partial charge on any atom is -0.380 e. The van der Waals surface area contributed by atoms with Gasteiger partial charge in [0.1, 0.15) is 0 Å². The lowest BCUT2D eigenvalue weighted by Gasteiger charge is -2.30. The first-order valence-corrected chi connectivity index (χ1v) is 6.48. The van der Waals surface area contributed by atoms with Gasteiger partial charge in [0.05, 0.1) is 11.4 Å². The number of nitrogens with one attached hydrogen (secondary N) is 1. The molecule has 2 nitrogen and oxygen atoms in total. The molecule has 1 fully saturated rings. The molecule has 2 heterocycles. The molecule has 0 spiro atoms. The molecule has 3 rings (SSSR count). The standard InChI is InChI=1S/C14H20N2/c1-11-10-12-6-5-7-13(14(12)15-11)16-8-3-2-4-9-16/h5-7,11,15H,2-4,8-10H2,1H3. The Hall–Kier alpha value is -1.18. The molecule has 0 saturated carbocycles. The SMILES string of the molecule is CC1Cc2cccc(N3CCCCC3)c2N1. The van der Waals surface area contributed by atoms with E-state index < -0.39 is 0 Å². The smallest absolute Gasteiger partial charge is 0.0613 e. The van der Waals surface area contributed by atoms with Gasteiger partial charge in [-0.1, -0.05) is 12.1 Å². The summed E-state index contributed by atoms with van der Waals surface area (Å²) in [5.74, 6) is 0. The van der Waals surface area contributed by atoms with Gasteiger partial charge in [0.15, 0.2) is 0 Å². The summed E-state index contributed by atoms with van der Waals surface area (Å²) >= 11 is 0. The zero-order valence-corrected chi connectivity index (χ0v) is 10.00. The highest BCUT2D eigenvalue weighted by atomic mass is 15.2. The van der Waals surface area contributed by atoms with Crippen LogP contribution in [-0.2, 0) is 6.42 Å². The summed E-state index contributed by atoms with van der Waals surface area (Å²) in [7, 11) is 0. The van der Waals surface area contributed by atoms with E-state index in [4.69, 9.17) is 0 Å². The quantitative estimate of drug-likeness (QED) is 0.776. The van der Waals surface area contributed by atoms with E-state index in [1.807, 2.05) is 0 Å². The zero-order chi connectivity index (χ0) is 11.0. The maximum absolute atomic E-state index is 3.62. The molecule has 0 radical (unpaired) electrons. The lowest BCUT2D eigenvalue weighted by Crippen LogP contribution is -2.30. The monoisotopic (exact) mass is 216 g/mol. The molecule has 2 aliphatic heterocycles. The molecule has 1 atom stereocenters. The van der Waals surface area contributed by atoms with Crippen molar-refractivity contribution in [2.75, 3.05) is 23.3 Å². The Morgan fingerprint density at radius 2 is 2.00 bits per heavy atom. The van der Waals surface area contributed by atoms with E-state index in [-0.39, 0.29) is 0 Å². The topological polar surface area (TPSA) is 15.3 Å². The third-order valence-electron chi connectivity index (χ3n) is 3.74. The Kier molecular flexibility index (Phi) is 2.50. The average Bonchev–Trinajstić information content (AvgIpc) is 2.70. The normalized spacial score (nSPS) is 24.1. The Morgan fingerprint density at radius 3 is 2.81 bits per heavy atom. The fourth-order valence-electron chi connectivity index (χ4n) is 2.95. The Bertz CT molecular complexity index is 380. The van der Waals surface area contributed by atoms with Gasteiger partial charge in [0.25, 0.3) is 0 Å². The van der Waals surface area contributed by atoms with Gasteiger partial charge in [-0.3, -0.25) is 0 Å². The molecule has 1 saturated heterocycles. The van der Waals surface area contributed by atoms with E-state index in [0.29, 0.717) is 6.04 Å². The molecule has 0 amide bonds. The molecule has 1 aromatic carbocycles. The number of benzene rings is 1. The van der Waals surface area contributed by atoms with Crippen LogP contribution in [0.15, 0.2) is 18.2 Å². The van der Waals surface area contributed by atoms with Crippen molar-refractivity contribution in [1.82, 2.24) is 0 Å². The fourth-order valence-corrected chi connectivity index (χ4v) is 2.95. The molecule has 1 unspecified atom stereocenters. The second-order valence-corrected chi connectivity index (χ2v) is 5.11. The largest absolute Gasteiger partial charge is 0.380 e. The molecule has 0 bridgehead atoms. The minimum absolute atomic E-state index is 0.598. The van der Waals surface area contributed by atoms with Crippen molar-refractivity contribution in [3.63, 3.8) is 0 Å². The lowest BCUT2D eigenvalue weighted by molar-refractivity contribution is 0.578. The van der Waals surface area contributed by atoms with Crippen LogP contribution in [0.4, 0.5) is 11.4 Å². The number of hydrogen-bond donors (Lipinski definition) is 1. The molecule has 0 aromatic heterocycles. The summed E-state index contributed by atoms with van der Waals surface area (Å²) < 4.78 is 0. The van der Waals surface area contributed by atoms with E-state index in [1.165, 1.54) is 55.7 Å². The molecular formula is C14H20N2. The number of piperidine rings is 1. The van der Waals surface area contributed by atoms with Crippen LogP contribution in [0, 0.1) is 0 Å². The molecule has 86 valence electrons. The van der Waals surface area contributed by atoms with E-state index in [2.05, 4.69) is 35.3 Å². The summed E-state index contributed by atoms with van der Waals surface area (Å²) in [4.78, 5) is 2.55. The third kappa shape index (κ3) is 1.66. The van der Waals surface area contributed by atoms with Crippen molar-refractivity contribution < 1.29 is 0 Å². The molecule has 2 aliphatic rings. The molecule has 16 heavy (non-hydrogen) atoms. The van der Waals surface area contributed by atoms with Gasteiger partial charge in [-0.05, 0) is 44.2 Å². The number of nitrogens with zero attached hydrogens (tertiary/aromatic N) is 1. The third-order valence-corrected chi connectivity index (χ3v) is 3.74. The van der Waals surface area contributed by atoms with Gasteiger partial charge >= 0.3 is 0 Å². The maximum Gasteiger partial charge on any atom is 0.0613 e. The Balaban J connectivity index is 1.92. The van der Waals surface area contributed by atoms with Crippen molar-refractivity contribution >= 4 is 11.4 Å². The Labute approximate surface area is 97.6 Å². The predicted octanol–water partition coefficient (Wildman–Crippen LogP) is 3.03. The second kappa shape index (κ2) is 4.00. The first-order valence-electron chi connectivity index (χ1n) is 6.48. The van der Waals surface area contributed by atoms with Crippen molar-refractivity contribution in [3.8, 4) is 0 Å². The van der Waals surface area contributed by atoms with Gasteiger partial charge in [-0.25, -0.2) is 0 Å². The van der Waals surface area contributed by atoms with Crippen LogP contribution in [0.25, 0.3) is 0 Å². The molecule has 2 heteroatoms. The first kappa shape index (κ1) is 10.0. The van der Waals surface area contributed by atoms with Crippen LogP contribution in [0.5, 0.6) is 0 Å². The van der Waals surface area contributed by atoms with Crippen LogP contribution >= 0.6 is 0 Å². The van der Waals surface area contributed by atoms with Crippen molar-refractivity contribution in [1.29, 1.82) is 0 Å². The van der Waals surface area contributed by atoms with Crippen molar-refractivity contribution in [3.05, 3.63) is 23.8 Å². The van der Waals surface area contributed by atoms with Gasteiger partial charge < -0.3 is 10.2 Å². The number of anilines is 2. The summed E-state index contributed by atoms with van der Waals surface area (Å²) in [6.07, 6.45) is 5.27. The fraction of sp³-hybridized carbons (Fsp3) is 0.571. The van der Waals surface area contributed by atoms with Crippen molar-refractivity contribution in [2.45, 2.75) is 38.6 Å². The lowest BCUT2D eigenvalue weighted by atomic mass is 10.1. The maximum atomic E-state index is 3.62. The van der Waals surface area contributed by atoms with Gasteiger partial charge in [-0.2, -0.15) is 0 Å². The predicted molar refractivity (Wildman–Crippen MR) is 69.3 cm³/mol. The summed E-state index contributed by atoms with van der Waals surface area (Å²) in [5, 5.41) is 3.62. The number of fused-ring (bicyclic) bond motifs is 1. The minimum atomic E-state index is 0.598. The van der Waals surface area contributed by atoms with E-state index in [0.717, 1.165) is 0 Å². The van der Waals surface area contributed by atoms with Crippen LogP contribution in [0.1, 0.15) is 31.7 Å². The highest BCUT2D eigenvalue weighted by Gasteiger charge is 2.22. The molecule has 0 aliphatic carbocycles. The summed E-state index contributed by atoms with van der Waals surface area (Å²) in [6.45, 7) is 4.72. The molecule has 1 aromatic rings. The zero-order valence-electron chi connectivity index (χ0n) is 10.00. The highest BCUT2D eigenvalue weighted by Crippen LogP contribution is 2.36. The number of hydrogen-bond acceptors (Lipinski definition) is 2. The number of rotatable bonds is 1. The second-order valence-electron chi connectivity index (χ2n) is 5.11. The summed E-state index contributed by atoms with van der Waals surface area (Å²) in [6, 6.07) is 7.35. The first-order chi connectivity index (χ1) is 7.84. The summed E-state index contributed by atoms with van der Waals surface area (Å²) in [5.41, 5.74) is 4.33. The average molecular weight is 216 g/mol. The van der Waals surface area contributed by atoms with Gasteiger partial charge in [0, 0.05) is 19.1 Å².